The van der Waals surface area contributed by atoms with Gasteiger partial charge in [0.2, 0.25) is 0 Å². The van der Waals surface area contributed by atoms with Crippen LogP contribution in [0.1, 0.15) is 11.6 Å². The van der Waals surface area contributed by atoms with Crippen LogP contribution in [0.2, 0.25) is 0 Å². The number of hydrogen-bond acceptors (Lipinski definition) is 6. The molecule has 1 atom stereocenters. The molecule has 114 valence electrons. The minimum absolute atomic E-state index is 0.149. The molecule has 0 aliphatic carbocycles. The molecule has 22 heavy (non-hydrogen) atoms. The molecule has 0 saturated heterocycles. The number of hydrogen-bond donors (Lipinski definition) is 0. The first-order valence-corrected chi connectivity index (χ1v) is 8.32. The molecule has 1 aliphatic heterocycles. The van der Waals surface area contributed by atoms with Crippen LogP contribution in [0.4, 0.5) is 0 Å². The van der Waals surface area contributed by atoms with Crippen LogP contribution in [0.3, 0.4) is 0 Å². The number of carbonyl (C=O) groups is 1. The summed E-state index contributed by atoms with van der Waals surface area (Å²) in [7, 11) is 1.36. The van der Waals surface area contributed by atoms with E-state index < -0.39 is 10.4 Å². The van der Waals surface area contributed by atoms with E-state index in [-0.39, 0.29) is 21.6 Å². The van der Waals surface area contributed by atoms with E-state index in [4.69, 9.17) is 13.9 Å². The van der Waals surface area contributed by atoms with Gasteiger partial charge in [-0.1, -0.05) is 0 Å². The Hall–Kier alpha value is -2.11. The predicted octanol–water partition coefficient (Wildman–Crippen LogP) is 0.659. The Kier molecular flexibility index (Phi) is 4.00. The van der Waals surface area contributed by atoms with Crippen molar-refractivity contribution in [2.75, 3.05) is 13.7 Å². The topological polar surface area (TPSA) is 73.9 Å². The van der Waals surface area contributed by atoms with Gasteiger partial charge in [-0.3, -0.25) is 0 Å². The van der Waals surface area contributed by atoms with E-state index in [1.165, 1.54) is 13.4 Å². The number of benzene rings is 1. The average Bonchev–Trinajstić information content (AvgIpc) is 3.15. The van der Waals surface area contributed by atoms with Gasteiger partial charge in [-0.25, -0.2) is 0 Å². The van der Waals surface area contributed by atoms with Crippen LogP contribution in [-0.2, 0) is 14.3 Å². The van der Waals surface area contributed by atoms with Crippen molar-refractivity contribution < 1.29 is 18.7 Å². The predicted molar refractivity (Wildman–Crippen MR) is 80.3 cm³/mol. The molecular formula is C15H14N2O4Se. The number of methoxy groups -OCH3 is 1. The van der Waals surface area contributed by atoms with Crippen molar-refractivity contribution in [2.45, 2.75) is 11.4 Å². The first kappa shape index (κ1) is 14.8. The zero-order valence-electron chi connectivity index (χ0n) is 12.1. The fourth-order valence-electron chi connectivity index (χ4n) is 2.03. The summed E-state index contributed by atoms with van der Waals surface area (Å²) in [5, 5.41) is 0. The molecule has 3 rings (SSSR count). The van der Waals surface area contributed by atoms with Gasteiger partial charge in [-0.15, -0.1) is 0 Å². The van der Waals surface area contributed by atoms with Crippen LogP contribution < -0.4 is 4.46 Å². The molecule has 0 unspecified atom stereocenters. The number of esters is 1. The van der Waals surface area contributed by atoms with Gasteiger partial charge in [0.05, 0.1) is 0 Å². The second-order valence-corrected chi connectivity index (χ2v) is 7.48. The number of nitrogens with zero attached hydrogens (tertiary/aromatic N) is 2. The molecular weight excluding hydrogens is 351 g/mol. The SMILES string of the molecule is COC(=O)[C@]1([Se]c2ccccc2)COC(c2coc(C)n2)=N1. The van der Waals surface area contributed by atoms with Crippen LogP contribution in [0.25, 0.3) is 0 Å². The molecule has 7 heteroatoms. The third-order valence-corrected chi connectivity index (χ3v) is 5.62. The summed E-state index contributed by atoms with van der Waals surface area (Å²) >= 11 is -0.262. The Morgan fingerprint density at radius 2 is 2.14 bits per heavy atom. The van der Waals surface area contributed by atoms with Crippen LogP contribution in [0.15, 0.2) is 46.0 Å². The van der Waals surface area contributed by atoms with Gasteiger partial charge >= 0.3 is 133 Å². The van der Waals surface area contributed by atoms with Gasteiger partial charge in [-0.2, -0.15) is 0 Å². The van der Waals surface area contributed by atoms with Crippen molar-refractivity contribution in [3.8, 4) is 0 Å². The molecule has 1 aliphatic rings. The number of oxazole rings is 1. The van der Waals surface area contributed by atoms with E-state index in [0.717, 1.165) is 4.46 Å². The Morgan fingerprint density at radius 1 is 1.36 bits per heavy atom. The summed E-state index contributed by atoms with van der Waals surface area (Å²) in [5.41, 5.74) is 0.493. The van der Waals surface area contributed by atoms with Gasteiger partial charge in [0.15, 0.2) is 0 Å². The van der Waals surface area contributed by atoms with Crippen molar-refractivity contribution >= 4 is 31.3 Å². The minimum atomic E-state index is -1.02. The summed E-state index contributed by atoms with van der Waals surface area (Å²) in [4.78, 5) is 21.0. The second-order valence-electron chi connectivity index (χ2n) is 4.65. The van der Waals surface area contributed by atoms with E-state index in [2.05, 4.69) is 9.98 Å². The van der Waals surface area contributed by atoms with Crippen LogP contribution in [0.5, 0.6) is 0 Å². The maximum atomic E-state index is 12.3. The summed E-state index contributed by atoms with van der Waals surface area (Å²) < 4.78 is 15.7. The second kappa shape index (κ2) is 5.94. The van der Waals surface area contributed by atoms with Gasteiger partial charge in [-0.05, 0) is 0 Å². The zero-order chi connectivity index (χ0) is 15.6. The van der Waals surface area contributed by atoms with Crippen molar-refractivity contribution in [3.63, 3.8) is 0 Å². The number of aliphatic imine (C=N–C) groups is 1. The third-order valence-electron chi connectivity index (χ3n) is 3.06. The molecule has 0 saturated carbocycles. The number of rotatable bonds is 4. The van der Waals surface area contributed by atoms with E-state index in [1.54, 1.807) is 6.92 Å². The third kappa shape index (κ3) is 2.77. The first-order valence-electron chi connectivity index (χ1n) is 6.60. The van der Waals surface area contributed by atoms with E-state index in [0.29, 0.717) is 17.5 Å². The average molecular weight is 365 g/mol. The summed E-state index contributed by atoms with van der Waals surface area (Å²) in [6, 6.07) is 9.74. The summed E-state index contributed by atoms with van der Waals surface area (Å²) in [6.45, 7) is 1.89. The van der Waals surface area contributed by atoms with Crippen LogP contribution in [-0.4, -0.2) is 50.0 Å². The molecule has 0 bridgehead atoms. The van der Waals surface area contributed by atoms with Crippen molar-refractivity contribution in [2.24, 2.45) is 4.99 Å². The van der Waals surface area contributed by atoms with Gasteiger partial charge in [0.25, 0.3) is 0 Å². The Balaban J connectivity index is 1.94. The molecule has 0 radical (unpaired) electrons. The Morgan fingerprint density at radius 3 is 2.77 bits per heavy atom. The molecule has 2 aromatic rings. The zero-order valence-corrected chi connectivity index (χ0v) is 13.8. The van der Waals surface area contributed by atoms with Crippen molar-refractivity contribution in [3.05, 3.63) is 48.2 Å². The van der Waals surface area contributed by atoms with Gasteiger partial charge in [0.1, 0.15) is 0 Å². The van der Waals surface area contributed by atoms with Gasteiger partial charge < -0.3 is 0 Å². The normalized spacial score (nSPS) is 20.4. The van der Waals surface area contributed by atoms with Crippen LogP contribution >= 0.6 is 0 Å². The summed E-state index contributed by atoms with van der Waals surface area (Å²) in [6.07, 6.45) is 1.47. The fraction of sp³-hybridized carbons (Fsp3) is 0.267. The monoisotopic (exact) mass is 366 g/mol. The molecule has 0 spiro atoms. The fourth-order valence-corrected chi connectivity index (χ4v) is 4.33. The van der Waals surface area contributed by atoms with E-state index in [9.17, 15) is 4.79 Å². The molecule has 0 fully saturated rings. The number of aryl methyl sites for hydroxylation is 1. The first-order chi connectivity index (χ1) is 10.6. The number of ether oxygens (including phenoxy) is 2. The molecule has 0 N–H and O–H groups in total. The molecule has 1 aromatic heterocycles. The van der Waals surface area contributed by atoms with Crippen molar-refractivity contribution in [1.82, 2.24) is 4.98 Å². The molecule has 0 amide bonds. The van der Waals surface area contributed by atoms with E-state index in [1.807, 2.05) is 30.3 Å². The van der Waals surface area contributed by atoms with Crippen molar-refractivity contribution in [1.29, 1.82) is 0 Å². The van der Waals surface area contributed by atoms with Gasteiger partial charge in [0, 0.05) is 0 Å². The summed E-state index contributed by atoms with van der Waals surface area (Å²) in [5.74, 6) is 0.442. The number of carbonyl (C=O) groups excluding carboxylic acids is 1. The Bertz CT molecular complexity index is 713. The molecule has 2 heterocycles. The van der Waals surface area contributed by atoms with Crippen LogP contribution in [0, 0.1) is 6.92 Å². The van der Waals surface area contributed by atoms with E-state index >= 15 is 0 Å². The molecule has 6 nitrogen and oxygen atoms in total. The number of aromatic nitrogens is 1. The molecule has 1 aromatic carbocycles. The quantitative estimate of drug-likeness (QED) is 0.588. The Labute approximate surface area is 133 Å². The maximum absolute atomic E-state index is 12.3. The standard InChI is InChI=1S/C15H14N2O4Se/c1-10-16-12(8-20-10)13-17-15(9-21-13,14(18)19-2)22-11-6-4-3-5-7-11/h3-8H,9H2,1-2H3/t15-/m1/s1.